The molecule has 2 atom stereocenters. The molecule has 0 spiro atoms. The molecule has 5 nitrogen and oxygen atoms in total. The van der Waals surface area contributed by atoms with Crippen molar-refractivity contribution in [3.05, 3.63) is 174 Å². The second-order valence-corrected chi connectivity index (χ2v) is 12.7. The first-order chi connectivity index (χ1) is 24.7. The van der Waals surface area contributed by atoms with E-state index in [0.717, 1.165) is 66.7 Å². The Kier molecular flexibility index (Phi) is 6.70. The molecular formula is C45H27N5. The van der Waals surface area contributed by atoms with Crippen LogP contribution in [0.15, 0.2) is 157 Å². The monoisotopic (exact) mass is 637 g/mol. The van der Waals surface area contributed by atoms with Crippen molar-refractivity contribution in [2.75, 3.05) is 4.90 Å². The Labute approximate surface area is 289 Å². The summed E-state index contributed by atoms with van der Waals surface area (Å²) in [5, 5.41) is 31.9. The van der Waals surface area contributed by atoms with Crippen molar-refractivity contribution >= 4 is 33.2 Å². The third kappa shape index (κ3) is 4.45. The zero-order valence-electron chi connectivity index (χ0n) is 26.8. The Morgan fingerprint density at radius 3 is 2.02 bits per heavy atom. The lowest BCUT2D eigenvalue weighted by Crippen LogP contribution is -2.29. The van der Waals surface area contributed by atoms with Crippen molar-refractivity contribution in [3.8, 4) is 46.1 Å². The SMILES string of the molecule is N#CC1=CC2C(C=C1)c1cc(C#N)ccc1N2c1ccc(-c2cccc(-c3cccc(C#N)c3-n3c4ccccc4c4ccccc43)c2)cc1. The number of fused-ring (bicyclic) bond motifs is 6. The van der Waals surface area contributed by atoms with Gasteiger partial charge in [-0.2, -0.15) is 15.8 Å². The normalized spacial score (nSPS) is 15.9. The molecule has 6 aromatic carbocycles. The van der Waals surface area contributed by atoms with E-state index >= 15 is 0 Å². The lowest BCUT2D eigenvalue weighted by Gasteiger charge is -2.29. The van der Waals surface area contributed by atoms with E-state index in [1.54, 1.807) is 0 Å². The fourth-order valence-corrected chi connectivity index (χ4v) is 7.80. The lowest BCUT2D eigenvalue weighted by molar-refractivity contribution is 0.741. The molecule has 2 unspecified atom stereocenters. The van der Waals surface area contributed by atoms with E-state index in [1.807, 2.05) is 54.6 Å². The number of nitrogens with zero attached hydrogens (tertiary/aromatic N) is 5. The molecule has 0 N–H and O–H groups in total. The van der Waals surface area contributed by atoms with Gasteiger partial charge in [0.05, 0.1) is 46.0 Å². The zero-order valence-corrected chi connectivity index (χ0v) is 26.8. The molecule has 1 aliphatic heterocycles. The van der Waals surface area contributed by atoms with Gasteiger partial charge in [-0.25, -0.2) is 0 Å². The molecular weight excluding hydrogens is 611 g/mol. The molecule has 50 heavy (non-hydrogen) atoms. The first-order valence-electron chi connectivity index (χ1n) is 16.5. The number of hydrogen-bond donors (Lipinski definition) is 0. The topological polar surface area (TPSA) is 79.5 Å². The number of aromatic nitrogens is 1. The van der Waals surface area contributed by atoms with E-state index in [1.165, 1.54) is 0 Å². The summed E-state index contributed by atoms with van der Waals surface area (Å²) in [6.07, 6.45) is 5.98. The lowest BCUT2D eigenvalue weighted by atomic mass is 9.88. The van der Waals surface area contributed by atoms with Crippen molar-refractivity contribution in [1.82, 2.24) is 4.57 Å². The van der Waals surface area contributed by atoms with Gasteiger partial charge in [0, 0.05) is 39.2 Å². The van der Waals surface area contributed by atoms with Crippen LogP contribution in [0.4, 0.5) is 11.4 Å². The molecule has 7 aromatic rings. The third-order valence-corrected chi connectivity index (χ3v) is 10.0. The van der Waals surface area contributed by atoms with Crippen LogP contribution in [0.3, 0.4) is 0 Å². The predicted molar refractivity (Wildman–Crippen MR) is 199 cm³/mol. The van der Waals surface area contributed by atoms with Crippen LogP contribution < -0.4 is 4.90 Å². The first-order valence-corrected chi connectivity index (χ1v) is 16.5. The summed E-state index contributed by atoms with van der Waals surface area (Å²) >= 11 is 0. The molecule has 1 aromatic heterocycles. The van der Waals surface area contributed by atoms with Crippen LogP contribution in [-0.4, -0.2) is 10.6 Å². The van der Waals surface area contributed by atoms with Crippen LogP contribution in [0.2, 0.25) is 0 Å². The smallest absolute Gasteiger partial charge is 0.101 e. The third-order valence-electron chi connectivity index (χ3n) is 10.0. The Hall–Kier alpha value is -7.13. The summed E-state index contributed by atoms with van der Waals surface area (Å²) in [6.45, 7) is 0. The maximum Gasteiger partial charge on any atom is 0.101 e. The average Bonchev–Trinajstić information content (AvgIpc) is 3.69. The van der Waals surface area contributed by atoms with Crippen LogP contribution in [0.1, 0.15) is 22.6 Å². The molecule has 0 saturated carbocycles. The number of nitriles is 3. The Bertz CT molecular complexity index is 2650. The second-order valence-electron chi connectivity index (χ2n) is 12.7. The molecule has 2 aliphatic rings. The first kappa shape index (κ1) is 29.0. The molecule has 0 fully saturated rings. The van der Waals surface area contributed by atoms with Gasteiger partial charge in [-0.1, -0.05) is 84.9 Å². The van der Waals surface area contributed by atoms with Gasteiger partial charge in [0.2, 0.25) is 0 Å². The zero-order chi connectivity index (χ0) is 33.8. The van der Waals surface area contributed by atoms with Crippen LogP contribution in [-0.2, 0) is 0 Å². The highest BCUT2D eigenvalue weighted by molar-refractivity contribution is 6.10. The molecule has 0 amide bonds. The van der Waals surface area contributed by atoms with Gasteiger partial charge in [-0.15, -0.1) is 0 Å². The van der Waals surface area contributed by atoms with Crippen molar-refractivity contribution < 1.29 is 0 Å². The minimum absolute atomic E-state index is 0.0552. The molecule has 0 bridgehead atoms. The predicted octanol–water partition coefficient (Wildman–Crippen LogP) is 10.5. The minimum Gasteiger partial charge on any atom is -0.333 e. The van der Waals surface area contributed by atoms with Crippen molar-refractivity contribution in [2.24, 2.45) is 0 Å². The van der Waals surface area contributed by atoms with Gasteiger partial charge >= 0.3 is 0 Å². The van der Waals surface area contributed by atoms with Crippen molar-refractivity contribution in [2.45, 2.75) is 12.0 Å². The Morgan fingerprint density at radius 2 is 1.30 bits per heavy atom. The van der Waals surface area contributed by atoms with Crippen LogP contribution in [0.25, 0.3) is 49.7 Å². The van der Waals surface area contributed by atoms with Gasteiger partial charge < -0.3 is 9.47 Å². The van der Waals surface area contributed by atoms with Gasteiger partial charge in [-0.05, 0) is 89.0 Å². The molecule has 5 heteroatoms. The fourth-order valence-electron chi connectivity index (χ4n) is 7.80. The number of anilines is 2. The van der Waals surface area contributed by atoms with Crippen LogP contribution in [0.5, 0.6) is 0 Å². The highest BCUT2D eigenvalue weighted by atomic mass is 15.2. The van der Waals surface area contributed by atoms with Crippen molar-refractivity contribution in [3.63, 3.8) is 0 Å². The fraction of sp³-hybridized carbons (Fsp3) is 0.0444. The highest BCUT2D eigenvalue weighted by Crippen LogP contribution is 2.49. The quantitative estimate of drug-likeness (QED) is 0.192. The molecule has 1 aliphatic carbocycles. The van der Waals surface area contributed by atoms with Gasteiger partial charge in [0.25, 0.3) is 0 Å². The number of rotatable bonds is 4. The summed E-state index contributed by atoms with van der Waals surface area (Å²) in [7, 11) is 0. The van der Waals surface area contributed by atoms with Gasteiger partial charge in [0.15, 0.2) is 0 Å². The van der Waals surface area contributed by atoms with E-state index in [2.05, 4.69) is 125 Å². The van der Waals surface area contributed by atoms with Crippen molar-refractivity contribution in [1.29, 1.82) is 15.8 Å². The highest BCUT2D eigenvalue weighted by Gasteiger charge is 2.38. The summed E-state index contributed by atoms with van der Waals surface area (Å²) in [5.41, 5.74) is 12.2. The summed E-state index contributed by atoms with van der Waals surface area (Å²) < 4.78 is 2.23. The van der Waals surface area contributed by atoms with Crippen LogP contribution >= 0.6 is 0 Å². The Morgan fingerprint density at radius 1 is 0.580 bits per heavy atom. The summed E-state index contributed by atoms with van der Waals surface area (Å²) in [6, 6.07) is 52.5. The number of hydrogen-bond acceptors (Lipinski definition) is 4. The van der Waals surface area contributed by atoms with Gasteiger partial charge in [0.1, 0.15) is 6.07 Å². The van der Waals surface area contributed by atoms with Crippen LogP contribution in [0, 0.1) is 34.0 Å². The maximum atomic E-state index is 10.4. The van der Waals surface area contributed by atoms with E-state index in [-0.39, 0.29) is 12.0 Å². The molecule has 232 valence electrons. The number of benzene rings is 6. The largest absolute Gasteiger partial charge is 0.333 e. The van der Waals surface area contributed by atoms with E-state index < -0.39 is 0 Å². The Balaban J connectivity index is 1.13. The molecule has 9 rings (SSSR count). The molecule has 2 heterocycles. The average molecular weight is 638 g/mol. The maximum absolute atomic E-state index is 10.4. The van der Waals surface area contributed by atoms with Gasteiger partial charge in [-0.3, -0.25) is 0 Å². The number of allylic oxidation sites excluding steroid dienone is 2. The second kappa shape index (κ2) is 11.5. The van der Waals surface area contributed by atoms with E-state index in [0.29, 0.717) is 16.7 Å². The summed E-state index contributed by atoms with van der Waals surface area (Å²) in [5.74, 6) is 0.0552. The standard InChI is InChI=1S/C45H27N5/c46-26-29-16-22-43-40(23-29)39-21-15-30(27-47)24-44(39)49(43)35-19-17-31(18-20-35)32-7-5-8-33(25-32)36-12-6-9-34(28-48)45(36)50-41-13-3-1-10-37(41)38-11-2-4-14-42(38)50/h1-25,39,44H. The summed E-state index contributed by atoms with van der Waals surface area (Å²) in [4.78, 5) is 2.27. The number of para-hydroxylation sites is 3. The minimum atomic E-state index is -0.0561. The molecule has 0 saturated heterocycles. The molecule has 0 radical (unpaired) electrons. The van der Waals surface area contributed by atoms with E-state index in [9.17, 15) is 15.8 Å². The van der Waals surface area contributed by atoms with E-state index in [4.69, 9.17) is 0 Å².